The smallest absolute Gasteiger partial charge is 0.261 e. The van der Waals surface area contributed by atoms with E-state index in [-0.39, 0.29) is 5.04 Å². The minimum Gasteiger partial charge on any atom is -0.403 e. The van der Waals surface area contributed by atoms with Crippen molar-refractivity contribution in [3.8, 4) is 11.1 Å². The number of rotatable bonds is 6. The Balaban J connectivity index is 1.68. The van der Waals surface area contributed by atoms with Crippen molar-refractivity contribution < 1.29 is 4.43 Å². The molecule has 33 heavy (non-hydrogen) atoms. The fourth-order valence-electron chi connectivity index (χ4n) is 4.47. The summed E-state index contributed by atoms with van der Waals surface area (Å²) in [6.45, 7) is 7.52. The summed E-state index contributed by atoms with van der Waals surface area (Å²) in [4.78, 5) is 0. The maximum atomic E-state index is 7.06. The molecule has 0 N–H and O–H groups in total. The van der Waals surface area contributed by atoms with Crippen molar-refractivity contribution in [1.29, 1.82) is 0 Å². The zero-order valence-electron chi connectivity index (χ0n) is 19.2. The summed E-state index contributed by atoms with van der Waals surface area (Å²) in [5, 5.41) is 2.58. The molecule has 0 saturated heterocycles. The van der Waals surface area contributed by atoms with Crippen LogP contribution in [0.4, 0.5) is 0 Å². The van der Waals surface area contributed by atoms with Gasteiger partial charge in [0.15, 0.2) is 0 Å². The van der Waals surface area contributed by atoms with E-state index in [1.54, 1.807) is 0 Å². The van der Waals surface area contributed by atoms with Gasteiger partial charge in [0.25, 0.3) is 8.32 Å². The van der Waals surface area contributed by atoms with Gasteiger partial charge in [-0.15, -0.1) is 0 Å². The third kappa shape index (κ3) is 5.25. The van der Waals surface area contributed by atoms with Gasteiger partial charge < -0.3 is 4.43 Å². The zero-order valence-corrected chi connectivity index (χ0v) is 23.4. The molecule has 0 saturated carbocycles. The van der Waals surface area contributed by atoms with E-state index in [9.17, 15) is 0 Å². The van der Waals surface area contributed by atoms with Gasteiger partial charge in [0.1, 0.15) is 0 Å². The van der Waals surface area contributed by atoms with Gasteiger partial charge in [-0.25, -0.2) is 0 Å². The van der Waals surface area contributed by atoms with E-state index in [1.807, 2.05) is 0 Å². The van der Waals surface area contributed by atoms with Gasteiger partial charge in [-0.2, -0.15) is 0 Å². The predicted octanol–water partition coefficient (Wildman–Crippen LogP) is 7.96. The number of halogens is 2. The van der Waals surface area contributed by atoms with Gasteiger partial charge >= 0.3 is 0 Å². The van der Waals surface area contributed by atoms with Crippen LogP contribution in [0.5, 0.6) is 0 Å². The summed E-state index contributed by atoms with van der Waals surface area (Å²) in [6.07, 6.45) is 0. The topological polar surface area (TPSA) is 9.23 Å². The molecular formula is C29H28Br2OSi. The van der Waals surface area contributed by atoms with Gasteiger partial charge in [0.05, 0.1) is 6.61 Å². The lowest BCUT2D eigenvalue weighted by Gasteiger charge is -2.43. The Morgan fingerprint density at radius 1 is 0.636 bits per heavy atom. The van der Waals surface area contributed by atoms with Crippen molar-refractivity contribution in [2.45, 2.75) is 32.4 Å². The first-order chi connectivity index (χ1) is 15.8. The Kier molecular flexibility index (Phi) is 7.39. The molecule has 0 radical (unpaired) electrons. The summed E-state index contributed by atoms with van der Waals surface area (Å²) in [7, 11) is -2.54. The van der Waals surface area contributed by atoms with Gasteiger partial charge in [0, 0.05) is 8.95 Å². The molecule has 4 aromatic rings. The molecule has 0 spiro atoms. The first-order valence-corrected chi connectivity index (χ1v) is 14.6. The average Bonchev–Trinajstić information content (AvgIpc) is 2.80. The van der Waals surface area contributed by atoms with Crippen molar-refractivity contribution >= 4 is 50.6 Å². The van der Waals surface area contributed by atoms with Gasteiger partial charge in [-0.05, 0) is 50.3 Å². The maximum absolute atomic E-state index is 7.06. The van der Waals surface area contributed by atoms with Crippen LogP contribution in [-0.2, 0) is 11.0 Å². The molecule has 0 aliphatic rings. The molecule has 0 unspecified atom stereocenters. The molecule has 0 atom stereocenters. The molecular weight excluding hydrogens is 552 g/mol. The molecule has 4 rings (SSSR count). The van der Waals surface area contributed by atoms with E-state index in [1.165, 1.54) is 27.1 Å². The largest absolute Gasteiger partial charge is 0.403 e. The Hall–Kier alpha value is -1.98. The van der Waals surface area contributed by atoms with Crippen LogP contribution in [0, 0.1) is 0 Å². The Bertz CT molecular complexity index is 1140. The molecule has 0 bridgehead atoms. The van der Waals surface area contributed by atoms with Crippen molar-refractivity contribution in [2.24, 2.45) is 0 Å². The molecule has 4 aromatic carbocycles. The van der Waals surface area contributed by atoms with Crippen LogP contribution in [0.15, 0.2) is 112 Å². The van der Waals surface area contributed by atoms with Crippen LogP contribution in [0.25, 0.3) is 11.1 Å². The second-order valence-corrected chi connectivity index (χ2v) is 15.4. The number of benzene rings is 4. The van der Waals surface area contributed by atoms with Crippen molar-refractivity contribution in [2.75, 3.05) is 0 Å². The molecule has 0 aromatic heterocycles. The molecule has 0 heterocycles. The minimum atomic E-state index is -2.54. The highest BCUT2D eigenvalue weighted by Gasteiger charge is 2.50. The van der Waals surface area contributed by atoms with Crippen LogP contribution in [-0.4, -0.2) is 8.32 Å². The highest BCUT2D eigenvalue weighted by Crippen LogP contribution is 2.37. The summed E-state index contributed by atoms with van der Waals surface area (Å²) in [6, 6.07) is 36.6. The lowest BCUT2D eigenvalue weighted by molar-refractivity contribution is 0.286. The molecule has 1 nitrogen and oxygen atoms in total. The van der Waals surface area contributed by atoms with Crippen molar-refractivity contribution in [3.05, 3.63) is 118 Å². The van der Waals surface area contributed by atoms with E-state index in [0.717, 1.165) is 8.95 Å². The van der Waals surface area contributed by atoms with Gasteiger partial charge in [-0.3, -0.25) is 0 Å². The molecule has 168 valence electrons. The van der Waals surface area contributed by atoms with Gasteiger partial charge in [-0.1, -0.05) is 138 Å². The fraction of sp³-hybridized carbons (Fsp3) is 0.172. The number of hydrogen-bond acceptors (Lipinski definition) is 1. The fourth-order valence-corrected chi connectivity index (χ4v) is 10.3. The lowest BCUT2D eigenvalue weighted by Crippen LogP contribution is -2.66. The van der Waals surface area contributed by atoms with E-state index in [4.69, 9.17) is 4.43 Å². The van der Waals surface area contributed by atoms with E-state index in [2.05, 4.69) is 156 Å². The second kappa shape index (κ2) is 10.1. The van der Waals surface area contributed by atoms with Crippen molar-refractivity contribution in [1.82, 2.24) is 0 Å². The summed E-state index contributed by atoms with van der Waals surface area (Å²) in [5.41, 5.74) is 3.54. The molecule has 0 aliphatic carbocycles. The Morgan fingerprint density at radius 3 is 1.58 bits per heavy atom. The molecule has 0 amide bonds. The molecule has 0 fully saturated rings. The monoisotopic (exact) mass is 578 g/mol. The van der Waals surface area contributed by atoms with Crippen LogP contribution >= 0.6 is 31.9 Å². The maximum Gasteiger partial charge on any atom is 0.261 e. The average molecular weight is 580 g/mol. The predicted molar refractivity (Wildman–Crippen MR) is 150 cm³/mol. The molecule has 4 heteroatoms. The Labute approximate surface area is 215 Å². The van der Waals surface area contributed by atoms with Crippen LogP contribution in [0.2, 0.25) is 5.04 Å². The van der Waals surface area contributed by atoms with E-state index < -0.39 is 8.32 Å². The number of hydrogen-bond donors (Lipinski definition) is 0. The van der Waals surface area contributed by atoms with Crippen LogP contribution in [0.1, 0.15) is 26.3 Å². The quantitative estimate of drug-likeness (QED) is 0.211. The first-order valence-electron chi connectivity index (χ1n) is 11.1. The highest BCUT2D eigenvalue weighted by atomic mass is 79.9. The Morgan fingerprint density at radius 2 is 1.12 bits per heavy atom. The normalized spacial score (nSPS) is 12.0. The zero-order chi connectivity index (χ0) is 23.5. The third-order valence-corrected chi connectivity index (χ3v) is 11.9. The van der Waals surface area contributed by atoms with Gasteiger partial charge in [0.2, 0.25) is 0 Å². The molecule has 0 aliphatic heterocycles. The van der Waals surface area contributed by atoms with E-state index in [0.29, 0.717) is 6.61 Å². The third-order valence-electron chi connectivity index (χ3n) is 6.02. The second-order valence-electron chi connectivity index (χ2n) is 9.31. The summed E-state index contributed by atoms with van der Waals surface area (Å²) in [5.74, 6) is 0. The summed E-state index contributed by atoms with van der Waals surface area (Å²) >= 11 is 7.18. The van der Waals surface area contributed by atoms with Crippen LogP contribution < -0.4 is 10.4 Å². The van der Waals surface area contributed by atoms with Crippen LogP contribution in [0.3, 0.4) is 0 Å². The standard InChI is InChI=1S/C29H28Br2OSi/c1-29(2,3)33(27-10-6-4-7-11-27,28-12-8-5-9-13-28)32-21-22-14-16-23(17-15-22)24-18-25(30)20-26(31)19-24/h4-20H,21H2,1-3H3. The van der Waals surface area contributed by atoms with Crippen molar-refractivity contribution in [3.63, 3.8) is 0 Å². The highest BCUT2D eigenvalue weighted by molar-refractivity contribution is 9.11. The van der Waals surface area contributed by atoms with E-state index >= 15 is 0 Å². The first kappa shape index (κ1) is 24.2. The lowest BCUT2D eigenvalue weighted by atomic mass is 10.0. The SMILES string of the molecule is CC(C)(C)[Si](OCc1ccc(-c2cc(Br)cc(Br)c2)cc1)(c1ccccc1)c1ccccc1. The minimum absolute atomic E-state index is 0.0295. The summed E-state index contributed by atoms with van der Waals surface area (Å²) < 4.78 is 9.18.